The first kappa shape index (κ1) is 15.7. The van der Waals surface area contributed by atoms with E-state index in [1.807, 2.05) is 65.7 Å². The maximum absolute atomic E-state index is 6.36. The average molecular weight is 344 g/mol. The molecule has 0 atom stereocenters. The molecule has 3 aromatic rings. The van der Waals surface area contributed by atoms with E-state index >= 15 is 0 Å². The Hall–Kier alpha value is -2.23. The first-order valence-electron chi connectivity index (χ1n) is 7.16. The minimum atomic E-state index is 0.622. The zero-order valence-electron chi connectivity index (χ0n) is 12.3. The Balaban J connectivity index is 1.93. The highest BCUT2D eigenvalue weighted by Crippen LogP contribution is 2.29. The topological polar surface area (TPSA) is 28.2 Å². The van der Waals surface area contributed by atoms with E-state index in [1.54, 1.807) is 12.4 Å². The molecule has 2 aromatic carbocycles. The first-order valence-corrected chi connectivity index (χ1v) is 7.92. The van der Waals surface area contributed by atoms with E-state index in [0.29, 0.717) is 16.6 Å². The SMILES string of the molecule is Clc1ccccc1NN(Cc1ccncc1)c1ccccc1Cl. The summed E-state index contributed by atoms with van der Waals surface area (Å²) in [5, 5.41) is 3.29. The summed E-state index contributed by atoms with van der Waals surface area (Å²) < 4.78 is 0. The number of anilines is 2. The number of rotatable bonds is 5. The molecule has 23 heavy (non-hydrogen) atoms. The molecule has 1 heterocycles. The number of para-hydroxylation sites is 2. The number of halogens is 2. The predicted octanol–water partition coefficient (Wildman–Crippen LogP) is 5.42. The van der Waals surface area contributed by atoms with Crippen molar-refractivity contribution in [1.29, 1.82) is 0 Å². The van der Waals surface area contributed by atoms with Crippen LogP contribution in [0.5, 0.6) is 0 Å². The number of pyridine rings is 1. The van der Waals surface area contributed by atoms with Crippen LogP contribution in [0.25, 0.3) is 0 Å². The molecule has 3 nitrogen and oxygen atoms in total. The molecule has 0 spiro atoms. The molecule has 0 radical (unpaired) electrons. The lowest BCUT2D eigenvalue weighted by Crippen LogP contribution is -2.29. The van der Waals surface area contributed by atoms with Crippen molar-refractivity contribution in [3.63, 3.8) is 0 Å². The van der Waals surface area contributed by atoms with Crippen molar-refractivity contribution in [1.82, 2.24) is 4.98 Å². The minimum absolute atomic E-state index is 0.622. The first-order chi connectivity index (χ1) is 11.2. The van der Waals surface area contributed by atoms with E-state index in [-0.39, 0.29) is 0 Å². The fourth-order valence-corrected chi connectivity index (χ4v) is 2.64. The normalized spacial score (nSPS) is 10.3. The monoisotopic (exact) mass is 343 g/mol. The molecule has 0 unspecified atom stereocenters. The van der Waals surface area contributed by atoms with Gasteiger partial charge < -0.3 is 0 Å². The lowest BCUT2D eigenvalue weighted by molar-refractivity contribution is 0.903. The van der Waals surface area contributed by atoms with Crippen LogP contribution in [0, 0.1) is 0 Å². The quantitative estimate of drug-likeness (QED) is 0.626. The Morgan fingerprint density at radius 3 is 2.17 bits per heavy atom. The Morgan fingerprint density at radius 2 is 1.48 bits per heavy atom. The van der Waals surface area contributed by atoms with Gasteiger partial charge in [0.05, 0.1) is 28.0 Å². The van der Waals surface area contributed by atoms with E-state index in [4.69, 9.17) is 23.2 Å². The molecule has 3 rings (SSSR count). The van der Waals surface area contributed by atoms with Gasteiger partial charge in [-0.25, -0.2) is 0 Å². The van der Waals surface area contributed by atoms with Gasteiger partial charge in [-0.2, -0.15) is 0 Å². The summed E-state index contributed by atoms with van der Waals surface area (Å²) in [6.45, 7) is 0.622. The molecule has 1 N–H and O–H groups in total. The second-order valence-electron chi connectivity index (χ2n) is 4.98. The van der Waals surface area contributed by atoms with Gasteiger partial charge in [0, 0.05) is 12.4 Å². The van der Waals surface area contributed by atoms with Crippen LogP contribution in [0.4, 0.5) is 11.4 Å². The third-order valence-electron chi connectivity index (χ3n) is 3.36. The van der Waals surface area contributed by atoms with Gasteiger partial charge in [0.2, 0.25) is 0 Å². The van der Waals surface area contributed by atoms with Gasteiger partial charge in [-0.15, -0.1) is 0 Å². The summed E-state index contributed by atoms with van der Waals surface area (Å²) in [5.41, 5.74) is 6.16. The molecule has 0 aliphatic heterocycles. The van der Waals surface area contributed by atoms with Crippen LogP contribution < -0.4 is 10.4 Å². The minimum Gasteiger partial charge on any atom is -0.297 e. The van der Waals surface area contributed by atoms with Crippen molar-refractivity contribution in [3.8, 4) is 0 Å². The molecule has 0 saturated heterocycles. The molecule has 0 aliphatic rings. The van der Waals surface area contributed by atoms with E-state index < -0.39 is 0 Å². The smallest absolute Gasteiger partial charge is 0.0762 e. The lowest BCUT2D eigenvalue weighted by Gasteiger charge is -2.28. The molecule has 0 aliphatic carbocycles. The highest BCUT2D eigenvalue weighted by Gasteiger charge is 2.12. The second kappa shape index (κ2) is 7.36. The van der Waals surface area contributed by atoms with Gasteiger partial charge >= 0.3 is 0 Å². The number of aromatic nitrogens is 1. The van der Waals surface area contributed by atoms with Gasteiger partial charge in [-0.1, -0.05) is 47.5 Å². The Labute approximate surface area is 145 Å². The molecular formula is C18H15Cl2N3. The largest absolute Gasteiger partial charge is 0.297 e. The number of nitrogens with zero attached hydrogens (tertiary/aromatic N) is 2. The van der Waals surface area contributed by atoms with Crippen LogP contribution in [-0.4, -0.2) is 4.98 Å². The van der Waals surface area contributed by atoms with E-state index in [0.717, 1.165) is 16.9 Å². The molecule has 0 fully saturated rings. The Bertz CT molecular complexity index is 778. The number of benzene rings is 2. The lowest BCUT2D eigenvalue weighted by atomic mass is 10.2. The molecule has 1 aromatic heterocycles. The number of hydrazine groups is 1. The molecule has 0 bridgehead atoms. The average Bonchev–Trinajstić information content (AvgIpc) is 2.58. The maximum atomic E-state index is 6.36. The maximum Gasteiger partial charge on any atom is 0.0762 e. The molecule has 0 saturated carbocycles. The van der Waals surface area contributed by atoms with Crippen LogP contribution in [0.3, 0.4) is 0 Å². The molecular weight excluding hydrogens is 329 g/mol. The summed E-state index contributed by atoms with van der Waals surface area (Å²) >= 11 is 12.6. The van der Waals surface area contributed by atoms with Crippen LogP contribution in [0.15, 0.2) is 73.1 Å². The summed E-state index contributed by atoms with van der Waals surface area (Å²) in [6.07, 6.45) is 3.55. The number of hydrogen-bond acceptors (Lipinski definition) is 3. The third-order valence-corrected chi connectivity index (χ3v) is 4.01. The zero-order chi connectivity index (χ0) is 16.1. The van der Waals surface area contributed by atoms with Crippen molar-refractivity contribution in [2.24, 2.45) is 0 Å². The van der Waals surface area contributed by atoms with Crippen molar-refractivity contribution in [2.75, 3.05) is 10.4 Å². The van der Waals surface area contributed by atoms with E-state index in [1.165, 1.54) is 0 Å². The van der Waals surface area contributed by atoms with E-state index in [2.05, 4.69) is 10.4 Å². The summed E-state index contributed by atoms with van der Waals surface area (Å²) in [5.74, 6) is 0. The highest BCUT2D eigenvalue weighted by molar-refractivity contribution is 6.34. The third kappa shape index (κ3) is 3.95. The van der Waals surface area contributed by atoms with Crippen molar-refractivity contribution in [3.05, 3.63) is 88.7 Å². The molecule has 0 amide bonds. The van der Waals surface area contributed by atoms with Gasteiger partial charge in [0.1, 0.15) is 0 Å². The van der Waals surface area contributed by atoms with Gasteiger partial charge in [-0.05, 0) is 42.0 Å². The second-order valence-corrected chi connectivity index (χ2v) is 5.80. The van der Waals surface area contributed by atoms with Gasteiger partial charge in [0.25, 0.3) is 0 Å². The van der Waals surface area contributed by atoms with E-state index in [9.17, 15) is 0 Å². The molecule has 116 valence electrons. The summed E-state index contributed by atoms with van der Waals surface area (Å²) in [7, 11) is 0. The predicted molar refractivity (Wildman–Crippen MR) is 96.9 cm³/mol. The van der Waals surface area contributed by atoms with Gasteiger partial charge in [-0.3, -0.25) is 15.4 Å². The standard InChI is InChI=1S/C18H15Cl2N3/c19-15-5-1-3-7-17(15)22-23(13-14-9-11-21-12-10-14)18-8-4-2-6-16(18)20/h1-12,22H,13H2. The fraction of sp³-hybridized carbons (Fsp3) is 0.0556. The van der Waals surface area contributed by atoms with Crippen molar-refractivity contribution < 1.29 is 0 Å². The van der Waals surface area contributed by atoms with Crippen LogP contribution in [0.2, 0.25) is 10.0 Å². The summed E-state index contributed by atoms with van der Waals surface area (Å²) in [4.78, 5) is 4.05. The Morgan fingerprint density at radius 1 is 0.826 bits per heavy atom. The van der Waals surface area contributed by atoms with Crippen LogP contribution in [-0.2, 0) is 6.54 Å². The number of hydrogen-bond donors (Lipinski definition) is 1. The zero-order valence-corrected chi connectivity index (χ0v) is 13.8. The van der Waals surface area contributed by atoms with Crippen LogP contribution in [0.1, 0.15) is 5.56 Å². The highest BCUT2D eigenvalue weighted by atomic mass is 35.5. The van der Waals surface area contributed by atoms with Crippen molar-refractivity contribution in [2.45, 2.75) is 6.54 Å². The summed E-state index contributed by atoms with van der Waals surface area (Å²) in [6, 6.07) is 19.2. The van der Waals surface area contributed by atoms with Crippen LogP contribution >= 0.6 is 23.2 Å². The molecule has 5 heteroatoms. The van der Waals surface area contributed by atoms with Gasteiger partial charge in [0.15, 0.2) is 0 Å². The fourth-order valence-electron chi connectivity index (χ4n) is 2.22. The van der Waals surface area contributed by atoms with Crippen molar-refractivity contribution >= 4 is 34.6 Å². The number of nitrogens with one attached hydrogen (secondary N) is 1. The Kier molecular flexibility index (Phi) is 5.01.